The maximum Gasteiger partial charge on any atom is 0.272 e. The number of aromatic amines is 1. The summed E-state index contributed by atoms with van der Waals surface area (Å²) in [7, 11) is 0. The molecule has 0 amide bonds. The summed E-state index contributed by atoms with van der Waals surface area (Å²) in [6, 6.07) is 5.98. The zero-order chi connectivity index (χ0) is 11.7. The Morgan fingerprint density at radius 1 is 1.38 bits per heavy atom. The molecule has 1 N–H and O–H groups in total. The number of H-pyrrole nitrogens is 1. The van der Waals surface area contributed by atoms with Crippen LogP contribution in [0.15, 0.2) is 29.1 Å². The summed E-state index contributed by atoms with van der Waals surface area (Å²) in [6.45, 7) is 1.66. The van der Waals surface area contributed by atoms with Crippen LogP contribution in [0.5, 0.6) is 0 Å². The predicted octanol–water partition coefficient (Wildman–Crippen LogP) is 2.54. The second-order valence-corrected chi connectivity index (χ2v) is 3.78. The summed E-state index contributed by atoms with van der Waals surface area (Å²) in [5.74, 6) is -0.357. The van der Waals surface area contributed by atoms with Crippen LogP contribution in [0.1, 0.15) is 5.56 Å². The molecular formula is C11H8ClFN2O. The van der Waals surface area contributed by atoms with Crippen LogP contribution >= 0.6 is 11.6 Å². The van der Waals surface area contributed by atoms with E-state index in [1.807, 2.05) is 0 Å². The number of hydrogen-bond donors (Lipinski definition) is 1. The molecule has 2 rings (SSSR count). The smallest absolute Gasteiger partial charge is 0.267 e. The van der Waals surface area contributed by atoms with Gasteiger partial charge < -0.3 is 0 Å². The van der Waals surface area contributed by atoms with Crippen molar-refractivity contribution in [1.82, 2.24) is 10.2 Å². The fourth-order valence-electron chi connectivity index (χ4n) is 1.36. The van der Waals surface area contributed by atoms with Gasteiger partial charge in [-0.05, 0) is 30.2 Å². The van der Waals surface area contributed by atoms with Crippen LogP contribution < -0.4 is 5.56 Å². The Balaban J connectivity index is 2.63. The lowest BCUT2D eigenvalue weighted by Crippen LogP contribution is -2.10. The number of benzene rings is 1. The van der Waals surface area contributed by atoms with Crippen LogP contribution in [-0.2, 0) is 0 Å². The lowest BCUT2D eigenvalue weighted by atomic mass is 10.1. The maximum absolute atomic E-state index is 13.3. The van der Waals surface area contributed by atoms with E-state index in [1.165, 1.54) is 12.1 Å². The highest BCUT2D eigenvalue weighted by Gasteiger charge is 2.07. The molecule has 16 heavy (non-hydrogen) atoms. The Hall–Kier alpha value is -1.68. The third kappa shape index (κ3) is 1.97. The van der Waals surface area contributed by atoms with Crippen molar-refractivity contribution in [3.8, 4) is 11.1 Å². The molecule has 0 fully saturated rings. The number of rotatable bonds is 1. The first-order valence-corrected chi connectivity index (χ1v) is 4.97. The molecule has 0 unspecified atom stereocenters. The fourth-order valence-corrected chi connectivity index (χ4v) is 1.51. The molecule has 0 atom stereocenters. The zero-order valence-corrected chi connectivity index (χ0v) is 9.18. The Morgan fingerprint density at radius 2 is 2.12 bits per heavy atom. The average Bonchev–Trinajstić information content (AvgIpc) is 2.26. The van der Waals surface area contributed by atoms with Crippen molar-refractivity contribution in [3.63, 3.8) is 0 Å². The Bertz CT molecular complexity index is 595. The van der Waals surface area contributed by atoms with Crippen LogP contribution in [0.25, 0.3) is 11.1 Å². The van der Waals surface area contributed by atoms with Crippen molar-refractivity contribution < 1.29 is 4.39 Å². The molecule has 1 aromatic carbocycles. The topological polar surface area (TPSA) is 45.8 Å². The number of aromatic nitrogens is 2. The summed E-state index contributed by atoms with van der Waals surface area (Å²) in [4.78, 5) is 11.5. The standard InChI is InChI=1S/C11H8ClFN2O/c1-6-2-3-7(4-9(6)13)8-5-10(12)14-15-11(8)16/h2-5H,1H3,(H,15,16). The normalized spacial score (nSPS) is 10.4. The number of nitrogens with zero attached hydrogens (tertiary/aromatic N) is 1. The van der Waals surface area contributed by atoms with E-state index in [2.05, 4.69) is 10.2 Å². The van der Waals surface area contributed by atoms with Crippen molar-refractivity contribution in [2.75, 3.05) is 0 Å². The van der Waals surface area contributed by atoms with E-state index < -0.39 is 5.56 Å². The van der Waals surface area contributed by atoms with Crippen molar-refractivity contribution in [1.29, 1.82) is 0 Å². The molecule has 0 bridgehead atoms. The summed E-state index contributed by atoms with van der Waals surface area (Å²) >= 11 is 5.66. The van der Waals surface area contributed by atoms with Gasteiger partial charge in [0.2, 0.25) is 0 Å². The van der Waals surface area contributed by atoms with Gasteiger partial charge in [0, 0.05) is 0 Å². The van der Waals surface area contributed by atoms with E-state index in [-0.39, 0.29) is 11.0 Å². The summed E-state index contributed by atoms with van der Waals surface area (Å²) < 4.78 is 13.3. The molecule has 3 nitrogen and oxygen atoms in total. The lowest BCUT2D eigenvalue weighted by Gasteiger charge is -2.02. The maximum atomic E-state index is 13.3. The van der Waals surface area contributed by atoms with E-state index in [1.54, 1.807) is 19.1 Å². The van der Waals surface area contributed by atoms with E-state index in [9.17, 15) is 9.18 Å². The third-order valence-corrected chi connectivity index (χ3v) is 2.45. The number of aryl methyl sites for hydroxylation is 1. The van der Waals surface area contributed by atoms with Crippen LogP contribution in [0.2, 0.25) is 5.15 Å². The zero-order valence-electron chi connectivity index (χ0n) is 8.42. The van der Waals surface area contributed by atoms with Gasteiger partial charge in [0.05, 0.1) is 5.56 Å². The Kier molecular flexibility index (Phi) is 2.75. The van der Waals surface area contributed by atoms with E-state index >= 15 is 0 Å². The molecule has 1 heterocycles. The second-order valence-electron chi connectivity index (χ2n) is 3.40. The highest BCUT2D eigenvalue weighted by Crippen LogP contribution is 2.19. The summed E-state index contributed by atoms with van der Waals surface area (Å²) in [5, 5.41) is 5.94. The van der Waals surface area contributed by atoms with Crippen LogP contribution in [0.4, 0.5) is 4.39 Å². The minimum absolute atomic E-state index is 0.163. The largest absolute Gasteiger partial charge is 0.272 e. The first-order chi connectivity index (χ1) is 7.58. The van der Waals surface area contributed by atoms with Gasteiger partial charge in [0.15, 0.2) is 0 Å². The molecule has 0 aliphatic rings. The van der Waals surface area contributed by atoms with Crippen molar-refractivity contribution in [3.05, 3.63) is 51.2 Å². The van der Waals surface area contributed by atoms with Gasteiger partial charge in [-0.25, -0.2) is 9.49 Å². The minimum Gasteiger partial charge on any atom is -0.267 e. The highest BCUT2D eigenvalue weighted by atomic mass is 35.5. The SMILES string of the molecule is Cc1ccc(-c2cc(Cl)n[nH]c2=O)cc1F. The van der Waals surface area contributed by atoms with Gasteiger partial charge in [0.25, 0.3) is 5.56 Å². The molecule has 5 heteroatoms. The molecule has 0 aliphatic carbocycles. The Labute approximate surface area is 95.9 Å². The summed E-state index contributed by atoms with van der Waals surface area (Å²) in [5.41, 5.74) is 0.917. The monoisotopic (exact) mass is 238 g/mol. The van der Waals surface area contributed by atoms with Gasteiger partial charge in [-0.2, -0.15) is 5.10 Å². The molecule has 0 radical (unpaired) electrons. The van der Waals surface area contributed by atoms with E-state index in [0.29, 0.717) is 16.7 Å². The molecule has 82 valence electrons. The van der Waals surface area contributed by atoms with Gasteiger partial charge in [0.1, 0.15) is 11.0 Å². The van der Waals surface area contributed by atoms with E-state index in [0.717, 1.165) is 0 Å². The molecule has 1 aromatic heterocycles. The van der Waals surface area contributed by atoms with E-state index in [4.69, 9.17) is 11.6 Å². The molecule has 0 aliphatic heterocycles. The fraction of sp³-hybridized carbons (Fsp3) is 0.0909. The molecular weight excluding hydrogens is 231 g/mol. The molecule has 0 spiro atoms. The summed E-state index contributed by atoms with van der Waals surface area (Å²) in [6.07, 6.45) is 0. The highest BCUT2D eigenvalue weighted by molar-refractivity contribution is 6.29. The molecule has 0 saturated carbocycles. The van der Waals surface area contributed by atoms with Crippen LogP contribution in [-0.4, -0.2) is 10.2 Å². The quantitative estimate of drug-likeness (QED) is 0.830. The number of hydrogen-bond acceptors (Lipinski definition) is 2. The first-order valence-electron chi connectivity index (χ1n) is 4.59. The van der Waals surface area contributed by atoms with Crippen LogP contribution in [0, 0.1) is 12.7 Å². The van der Waals surface area contributed by atoms with Gasteiger partial charge in [-0.3, -0.25) is 4.79 Å². The first kappa shape index (κ1) is 10.8. The van der Waals surface area contributed by atoms with Crippen molar-refractivity contribution in [2.45, 2.75) is 6.92 Å². The third-order valence-electron chi connectivity index (χ3n) is 2.26. The minimum atomic E-state index is -0.396. The number of halogens is 2. The predicted molar refractivity (Wildman–Crippen MR) is 60.0 cm³/mol. The van der Waals surface area contributed by atoms with Gasteiger partial charge in [-0.1, -0.05) is 23.7 Å². The molecule has 2 aromatic rings. The Morgan fingerprint density at radius 3 is 2.81 bits per heavy atom. The number of nitrogens with one attached hydrogen (secondary N) is 1. The van der Waals surface area contributed by atoms with Crippen molar-refractivity contribution >= 4 is 11.6 Å². The second kappa shape index (κ2) is 4.06. The van der Waals surface area contributed by atoms with Gasteiger partial charge >= 0.3 is 0 Å². The average molecular weight is 239 g/mol. The van der Waals surface area contributed by atoms with Crippen LogP contribution in [0.3, 0.4) is 0 Å². The molecule has 0 saturated heterocycles. The lowest BCUT2D eigenvalue weighted by molar-refractivity contribution is 0.619. The van der Waals surface area contributed by atoms with Gasteiger partial charge in [-0.15, -0.1) is 0 Å². The van der Waals surface area contributed by atoms with Crippen molar-refractivity contribution in [2.24, 2.45) is 0 Å².